The van der Waals surface area contributed by atoms with E-state index in [-0.39, 0.29) is 6.42 Å². The number of carbonyl (C=O) groups is 3. The Balaban J connectivity index is 1.88. The second-order valence-corrected chi connectivity index (χ2v) is 7.38. The Morgan fingerprint density at radius 1 is 1.28 bits per heavy atom. The minimum absolute atomic E-state index is 0.320. The van der Waals surface area contributed by atoms with Gasteiger partial charge in [-0.2, -0.15) is 0 Å². The molecule has 9 nitrogen and oxygen atoms in total. The van der Waals surface area contributed by atoms with Crippen LogP contribution in [-0.2, 0) is 25.5 Å². The molecule has 0 spiro atoms. The van der Waals surface area contributed by atoms with Crippen LogP contribution in [0.25, 0.3) is 0 Å². The highest BCUT2D eigenvalue weighted by Crippen LogP contribution is 2.33. The number of nitrogens with zero attached hydrogens (tertiary/aromatic N) is 2. The van der Waals surface area contributed by atoms with Crippen LogP contribution in [0.2, 0.25) is 0 Å². The first-order valence-corrected chi connectivity index (χ1v) is 9.73. The van der Waals surface area contributed by atoms with Crippen molar-refractivity contribution in [3.05, 3.63) is 52.0 Å². The molecule has 2 heterocycles. The van der Waals surface area contributed by atoms with Crippen molar-refractivity contribution < 1.29 is 23.9 Å². The highest BCUT2D eigenvalue weighted by atomic mass is 79.9. The van der Waals surface area contributed by atoms with Gasteiger partial charge in [-0.1, -0.05) is 28.1 Å². The van der Waals surface area contributed by atoms with Crippen LogP contribution in [0, 0.1) is 0 Å². The summed E-state index contributed by atoms with van der Waals surface area (Å²) in [4.78, 5) is 45.9. The number of nitrogens with one attached hydrogen (secondary N) is 2. The summed E-state index contributed by atoms with van der Waals surface area (Å²) < 4.78 is 10.2. The van der Waals surface area contributed by atoms with Gasteiger partial charge in [0.1, 0.15) is 12.1 Å². The van der Waals surface area contributed by atoms with E-state index in [1.807, 2.05) is 24.3 Å². The highest BCUT2D eigenvalue weighted by Gasteiger charge is 2.36. The Bertz CT molecular complexity index is 898. The molecule has 0 fully saturated rings. The third-order valence-corrected chi connectivity index (χ3v) is 5.28. The first-order valence-electron chi connectivity index (χ1n) is 8.94. The maximum absolute atomic E-state index is 13.1. The summed E-state index contributed by atoms with van der Waals surface area (Å²) in [6.07, 6.45) is 1.88. The lowest BCUT2D eigenvalue weighted by molar-refractivity contribution is -0.149. The van der Waals surface area contributed by atoms with Crippen LogP contribution in [-0.4, -0.2) is 59.6 Å². The standard InChI is InChI=1S/C19H21BrN4O5/c1-28-15(25)9-14(18(26)29-2)23-19(27)24-8-7-13-16(22-10-21-13)17(24)11-3-5-12(20)6-4-11/h3-6,10,14,17H,7-9H2,1-2H3,(H,21,22)(H,23,27)/t14-,17+/m1/s1. The van der Waals surface area contributed by atoms with Crippen molar-refractivity contribution in [1.29, 1.82) is 0 Å². The van der Waals surface area contributed by atoms with E-state index in [0.29, 0.717) is 13.0 Å². The molecule has 10 heteroatoms. The van der Waals surface area contributed by atoms with Gasteiger partial charge in [-0.3, -0.25) is 4.79 Å². The number of aromatic nitrogens is 2. The number of esters is 2. The van der Waals surface area contributed by atoms with Gasteiger partial charge in [0.25, 0.3) is 0 Å². The van der Waals surface area contributed by atoms with E-state index in [1.165, 1.54) is 14.2 Å². The van der Waals surface area contributed by atoms with Gasteiger partial charge in [0, 0.05) is 23.1 Å². The highest BCUT2D eigenvalue weighted by molar-refractivity contribution is 9.10. The number of aromatic amines is 1. The fourth-order valence-electron chi connectivity index (χ4n) is 3.30. The number of urea groups is 1. The Kier molecular flexibility index (Phi) is 6.53. The van der Waals surface area contributed by atoms with Gasteiger partial charge in [0.15, 0.2) is 0 Å². The number of halogens is 1. The predicted octanol–water partition coefficient (Wildman–Crippen LogP) is 1.93. The van der Waals surface area contributed by atoms with Crippen molar-refractivity contribution >= 4 is 33.9 Å². The lowest BCUT2D eigenvalue weighted by Gasteiger charge is -2.36. The van der Waals surface area contributed by atoms with E-state index < -0.39 is 30.1 Å². The second kappa shape index (κ2) is 9.08. The molecule has 29 heavy (non-hydrogen) atoms. The van der Waals surface area contributed by atoms with Gasteiger partial charge >= 0.3 is 18.0 Å². The largest absolute Gasteiger partial charge is 0.469 e. The molecule has 0 saturated heterocycles. The molecule has 0 unspecified atom stereocenters. The zero-order valence-corrected chi connectivity index (χ0v) is 17.6. The van der Waals surface area contributed by atoms with Gasteiger partial charge < -0.3 is 24.7 Å². The minimum atomic E-state index is -1.15. The van der Waals surface area contributed by atoms with Crippen molar-refractivity contribution in [1.82, 2.24) is 20.2 Å². The van der Waals surface area contributed by atoms with Crippen LogP contribution in [0.3, 0.4) is 0 Å². The Morgan fingerprint density at radius 2 is 2.00 bits per heavy atom. The molecule has 2 aromatic rings. The van der Waals surface area contributed by atoms with Crippen LogP contribution in [0.15, 0.2) is 35.1 Å². The second-order valence-electron chi connectivity index (χ2n) is 6.47. The molecule has 0 radical (unpaired) electrons. The van der Waals surface area contributed by atoms with Crippen molar-refractivity contribution in [2.75, 3.05) is 20.8 Å². The van der Waals surface area contributed by atoms with E-state index in [9.17, 15) is 14.4 Å². The quantitative estimate of drug-likeness (QED) is 0.653. The summed E-state index contributed by atoms with van der Waals surface area (Å²) in [5.41, 5.74) is 2.58. The molecule has 1 aromatic heterocycles. The molecule has 1 aromatic carbocycles. The Hall–Kier alpha value is -2.88. The third-order valence-electron chi connectivity index (χ3n) is 4.75. The van der Waals surface area contributed by atoms with Crippen molar-refractivity contribution in [2.45, 2.75) is 24.9 Å². The van der Waals surface area contributed by atoms with Gasteiger partial charge in [0.05, 0.1) is 32.7 Å². The molecule has 1 aliphatic rings. The number of ether oxygens (including phenoxy) is 2. The van der Waals surface area contributed by atoms with E-state index in [2.05, 4.69) is 36.0 Å². The number of carbonyl (C=O) groups excluding carboxylic acids is 3. The van der Waals surface area contributed by atoms with Crippen molar-refractivity contribution in [3.63, 3.8) is 0 Å². The fourth-order valence-corrected chi connectivity index (χ4v) is 3.56. The summed E-state index contributed by atoms with van der Waals surface area (Å²) in [5.74, 6) is -1.35. The van der Waals surface area contributed by atoms with E-state index in [1.54, 1.807) is 11.2 Å². The first-order chi connectivity index (χ1) is 13.9. The van der Waals surface area contributed by atoms with Crippen molar-refractivity contribution in [3.8, 4) is 0 Å². The number of hydrogen-bond acceptors (Lipinski definition) is 6. The Labute approximate surface area is 175 Å². The first kappa shape index (κ1) is 20.8. The molecule has 0 saturated carbocycles. The molecular weight excluding hydrogens is 444 g/mol. The number of H-pyrrole nitrogens is 1. The molecule has 2 atom stereocenters. The zero-order valence-electron chi connectivity index (χ0n) is 16.0. The molecule has 154 valence electrons. The zero-order chi connectivity index (χ0) is 21.0. The number of imidazole rings is 1. The van der Waals surface area contributed by atoms with E-state index in [4.69, 9.17) is 4.74 Å². The summed E-state index contributed by atoms with van der Waals surface area (Å²) in [6.45, 7) is 0.411. The lowest BCUT2D eigenvalue weighted by Crippen LogP contribution is -2.52. The van der Waals surface area contributed by atoms with Crippen LogP contribution in [0.1, 0.15) is 29.4 Å². The minimum Gasteiger partial charge on any atom is -0.469 e. The predicted molar refractivity (Wildman–Crippen MR) is 106 cm³/mol. The van der Waals surface area contributed by atoms with Crippen LogP contribution in [0.4, 0.5) is 4.79 Å². The Morgan fingerprint density at radius 3 is 2.66 bits per heavy atom. The number of amides is 2. The number of rotatable bonds is 5. The van der Waals surface area contributed by atoms with E-state index >= 15 is 0 Å². The van der Waals surface area contributed by atoms with Gasteiger partial charge in [-0.05, 0) is 17.7 Å². The summed E-state index contributed by atoms with van der Waals surface area (Å²) in [5, 5.41) is 2.60. The van der Waals surface area contributed by atoms with E-state index in [0.717, 1.165) is 21.4 Å². The number of benzene rings is 1. The number of fused-ring (bicyclic) bond motifs is 1. The van der Waals surface area contributed by atoms with Crippen LogP contribution in [0.5, 0.6) is 0 Å². The van der Waals surface area contributed by atoms with Gasteiger partial charge in [0.2, 0.25) is 0 Å². The molecular formula is C19H21BrN4O5. The number of hydrogen-bond donors (Lipinski definition) is 2. The average Bonchev–Trinajstić information content (AvgIpc) is 3.21. The summed E-state index contributed by atoms with van der Waals surface area (Å²) >= 11 is 3.41. The monoisotopic (exact) mass is 464 g/mol. The summed E-state index contributed by atoms with van der Waals surface area (Å²) in [7, 11) is 2.41. The SMILES string of the molecule is COC(=O)C[C@@H](NC(=O)N1CCc2[nH]cnc2[C@@H]1c1ccc(Br)cc1)C(=O)OC. The topological polar surface area (TPSA) is 114 Å². The average molecular weight is 465 g/mol. The van der Waals surface area contributed by atoms with Crippen LogP contribution >= 0.6 is 15.9 Å². The van der Waals surface area contributed by atoms with Gasteiger partial charge in [-0.25, -0.2) is 14.6 Å². The normalized spacial score (nSPS) is 16.5. The maximum Gasteiger partial charge on any atom is 0.329 e. The molecule has 2 N–H and O–H groups in total. The molecule has 2 amide bonds. The molecule has 3 rings (SSSR count). The van der Waals surface area contributed by atoms with Crippen LogP contribution < -0.4 is 5.32 Å². The molecule has 1 aliphatic heterocycles. The maximum atomic E-state index is 13.1. The molecule has 0 aliphatic carbocycles. The summed E-state index contributed by atoms with van der Waals surface area (Å²) in [6, 6.07) is 5.52. The number of methoxy groups -OCH3 is 2. The fraction of sp³-hybridized carbons (Fsp3) is 0.368. The molecule has 0 bridgehead atoms. The lowest BCUT2D eigenvalue weighted by atomic mass is 9.96. The smallest absolute Gasteiger partial charge is 0.329 e. The van der Waals surface area contributed by atoms with Crippen molar-refractivity contribution in [2.24, 2.45) is 0 Å². The van der Waals surface area contributed by atoms with Gasteiger partial charge in [-0.15, -0.1) is 0 Å². The third kappa shape index (κ3) is 4.58.